The average molecular weight is 780 g/mol. The van der Waals surface area contributed by atoms with Gasteiger partial charge in [0.1, 0.15) is 13.2 Å². The molecule has 0 unspecified atom stereocenters. The number of imide groups is 1. The molecule has 2 heterocycles. The number of amides is 3. The molecule has 2 aliphatic heterocycles. The van der Waals surface area contributed by atoms with E-state index < -0.39 is 11.1 Å². The lowest BCUT2D eigenvalue weighted by Gasteiger charge is -2.29. The van der Waals surface area contributed by atoms with Gasteiger partial charge >= 0.3 is 0 Å². The average Bonchev–Trinajstić information content (AvgIpc) is 3.20. The highest BCUT2D eigenvalue weighted by atomic mass is 127. The number of carbonyl (C=O) groups is 3. The first kappa shape index (κ1) is 28.9. The fourth-order valence-corrected chi connectivity index (χ4v) is 6.52. The summed E-state index contributed by atoms with van der Waals surface area (Å²) < 4.78 is 14.0. The fourth-order valence-electron chi connectivity index (χ4n) is 4.54. The van der Waals surface area contributed by atoms with Gasteiger partial charge in [-0.3, -0.25) is 19.3 Å². The molecular weight excluding hydrogens is 754 g/mol. The van der Waals surface area contributed by atoms with Crippen molar-refractivity contribution in [2.24, 2.45) is 0 Å². The molecule has 0 radical (unpaired) electrons. The molecule has 0 saturated carbocycles. The van der Waals surface area contributed by atoms with Gasteiger partial charge in [0, 0.05) is 16.7 Å². The molecule has 3 amide bonds. The number of ether oxygens (including phenoxy) is 2. The minimum atomic E-state index is -0.465. The summed E-state index contributed by atoms with van der Waals surface area (Å²) in [7, 11) is 0. The zero-order valence-corrected chi connectivity index (χ0v) is 26.8. The van der Waals surface area contributed by atoms with E-state index in [0.717, 1.165) is 41.3 Å². The first-order valence-electron chi connectivity index (χ1n) is 12.8. The Morgan fingerprint density at radius 1 is 1.02 bits per heavy atom. The Morgan fingerprint density at radius 2 is 1.77 bits per heavy atom. The van der Waals surface area contributed by atoms with Crippen LogP contribution >= 0.6 is 56.9 Å². The summed E-state index contributed by atoms with van der Waals surface area (Å²) in [4.78, 5) is 41.9. The van der Waals surface area contributed by atoms with Crippen LogP contribution in [0.1, 0.15) is 29.2 Å². The first-order valence-corrected chi connectivity index (χ1v) is 15.7. The maximum atomic E-state index is 13.2. The van der Waals surface area contributed by atoms with Gasteiger partial charge in [-0.25, -0.2) is 0 Å². The fraction of sp³-hybridized carbons (Fsp3) is 0.233. The monoisotopic (exact) mass is 780 g/mol. The number of benzene rings is 3. The van der Waals surface area contributed by atoms with Gasteiger partial charge in [-0.1, -0.05) is 36.4 Å². The van der Waals surface area contributed by atoms with E-state index in [9.17, 15) is 14.4 Å². The maximum absolute atomic E-state index is 13.2. The Bertz CT molecular complexity index is 1490. The summed E-state index contributed by atoms with van der Waals surface area (Å²) in [5.74, 6) is 0.486. The molecule has 10 heteroatoms. The Kier molecular flexibility index (Phi) is 9.36. The topological polar surface area (TPSA) is 76.2 Å². The van der Waals surface area contributed by atoms with Crippen LogP contribution in [0.25, 0.3) is 6.08 Å². The highest BCUT2D eigenvalue weighted by molar-refractivity contribution is 14.1. The van der Waals surface area contributed by atoms with Crippen LogP contribution in [0.2, 0.25) is 0 Å². The Labute approximate surface area is 264 Å². The maximum Gasteiger partial charge on any atom is 0.294 e. The van der Waals surface area contributed by atoms with Gasteiger partial charge in [0.15, 0.2) is 11.5 Å². The van der Waals surface area contributed by atoms with Crippen LogP contribution in [-0.4, -0.2) is 46.5 Å². The molecule has 0 aromatic heterocycles. The van der Waals surface area contributed by atoms with Crippen LogP contribution in [0.15, 0.2) is 65.6 Å². The van der Waals surface area contributed by atoms with Gasteiger partial charge in [-0.05, 0) is 123 Å². The van der Waals surface area contributed by atoms with E-state index in [1.165, 1.54) is 5.56 Å². The third kappa shape index (κ3) is 6.65. The second-order valence-corrected chi connectivity index (χ2v) is 12.7. The van der Waals surface area contributed by atoms with Crippen molar-refractivity contribution in [3.05, 3.63) is 95.0 Å². The van der Waals surface area contributed by atoms with E-state index in [-0.39, 0.29) is 17.4 Å². The van der Waals surface area contributed by atoms with Crippen LogP contribution in [0.5, 0.6) is 11.5 Å². The van der Waals surface area contributed by atoms with Gasteiger partial charge in [0.25, 0.3) is 11.1 Å². The Balaban J connectivity index is 1.29. The molecule has 0 aliphatic carbocycles. The quantitative estimate of drug-likeness (QED) is 0.192. The van der Waals surface area contributed by atoms with Crippen molar-refractivity contribution in [1.82, 2.24) is 9.80 Å². The largest absolute Gasteiger partial charge is 0.490 e. The number of fused-ring (bicyclic) bond motifs is 1. The normalized spacial score (nSPS) is 15.9. The van der Waals surface area contributed by atoms with Crippen molar-refractivity contribution in [3.8, 4) is 11.5 Å². The number of thioether (sulfide) groups is 1. The summed E-state index contributed by atoms with van der Waals surface area (Å²) in [5.41, 5.74) is 4.08. The predicted molar refractivity (Wildman–Crippen MR) is 172 cm³/mol. The van der Waals surface area contributed by atoms with Gasteiger partial charge in [0.05, 0.1) is 15.1 Å². The van der Waals surface area contributed by atoms with E-state index >= 15 is 0 Å². The lowest BCUT2D eigenvalue weighted by atomic mass is 10.00. The van der Waals surface area contributed by atoms with Gasteiger partial charge in [-0.15, -0.1) is 0 Å². The summed E-state index contributed by atoms with van der Waals surface area (Å²) in [6.45, 7) is 3.51. The van der Waals surface area contributed by atoms with Crippen LogP contribution < -0.4 is 9.47 Å². The van der Waals surface area contributed by atoms with Crippen molar-refractivity contribution in [2.75, 3.05) is 19.7 Å². The van der Waals surface area contributed by atoms with Crippen molar-refractivity contribution in [3.63, 3.8) is 0 Å². The number of nitrogens with zero attached hydrogens (tertiary/aromatic N) is 2. The van der Waals surface area contributed by atoms with Crippen molar-refractivity contribution >= 4 is 80.1 Å². The number of hydrogen-bond donors (Lipinski definition) is 0. The third-order valence-electron chi connectivity index (χ3n) is 6.58. The smallest absolute Gasteiger partial charge is 0.294 e. The summed E-state index contributed by atoms with van der Waals surface area (Å²) >= 11 is 5.30. The molecule has 5 rings (SSSR count). The molecule has 1 fully saturated rings. The van der Waals surface area contributed by atoms with Crippen LogP contribution in [0.3, 0.4) is 0 Å². The number of halogens is 2. The highest BCUT2D eigenvalue weighted by Gasteiger charge is 2.37. The zero-order chi connectivity index (χ0) is 28.2. The number of rotatable bonds is 8. The Hall–Kier alpha value is -2.58. The molecular formula is C30H26I2N2O5S. The van der Waals surface area contributed by atoms with Gasteiger partial charge < -0.3 is 14.4 Å². The van der Waals surface area contributed by atoms with Crippen LogP contribution in [-0.2, 0) is 29.2 Å². The summed E-state index contributed by atoms with van der Waals surface area (Å²) in [5, 5.41) is -0.445. The zero-order valence-electron chi connectivity index (χ0n) is 21.7. The van der Waals surface area contributed by atoms with Crippen molar-refractivity contribution in [2.45, 2.75) is 26.5 Å². The molecule has 0 spiro atoms. The lowest BCUT2D eigenvalue weighted by Crippen LogP contribution is -2.44. The van der Waals surface area contributed by atoms with Crippen LogP contribution in [0, 0.1) is 7.14 Å². The molecule has 7 nitrogen and oxygen atoms in total. The minimum Gasteiger partial charge on any atom is -0.490 e. The minimum absolute atomic E-state index is 0.235. The number of carbonyl (C=O) groups excluding carboxylic acids is 3. The van der Waals surface area contributed by atoms with E-state index in [1.54, 1.807) is 17.0 Å². The van der Waals surface area contributed by atoms with E-state index in [2.05, 4.69) is 51.2 Å². The molecule has 1 saturated heterocycles. The standard InChI is InChI=1S/C30H26I2N2O5S/c1-2-38-25-14-20(13-24(32)28(25)39-18-19-7-9-23(31)10-8-19)15-26-29(36)34(30(37)40-26)17-27(35)33-12-11-21-5-3-4-6-22(21)16-33/h3-10,13-15H,2,11-12,16-18H2,1H3/b26-15-. The highest BCUT2D eigenvalue weighted by Crippen LogP contribution is 2.38. The molecule has 0 N–H and O–H groups in total. The van der Waals surface area contributed by atoms with E-state index in [4.69, 9.17) is 9.47 Å². The molecule has 3 aromatic carbocycles. The molecule has 3 aromatic rings. The third-order valence-corrected chi connectivity index (χ3v) is 9.00. The molecule has 2 aliphatic rings. The summed E-state index contributed by atoms with van der Waals surface area (Å²) in [6, 6.07) is 19.8. The lowest BCUT2D eigenvalue weighted by molar-refractivity contribution is -0.136. The van der Waals surface area contributed by atoms with Crippen LogP contribution in [0.4, 0.5) is 4.79 Å². The van der Waals surface area contributed by atoms with E-state index in [0.29, 0.717) is 43.4 Å². The molecule has 0 bridgehead atoms. The molecule has 40 heavy (non-hydrogen) atoms. The van der Waals surface area contributed by atoms with Gasteiger partial charge in [0.2, 0.25) is 5.91 Å². The summed E-state index contributed by atoms with van der Waals surface area (Å²) in [6.07, 6.45) is 2.43. The Morgan fingerprint density at radius 3 is 2.52 bits per heavy atom. The van der Waals surface area contributed by atoms with Gasteiger partial charge in [-0.2, -0.15) is 0 Å². The van der Waals surface area contributed by atoms with Crippen molar-refractivity contribution < 1.29 is 23.9 Å². The molecule has 0 atom stereocenters. The second kappa shape index (κ2) is 12.9. The first-order chi connectivity index (χ1) is 19.3. The predicted octanol–water partition coefficient (Wildman–Crippen LogP) is 6.49. The second-order valence-electron chi connectivity index (χ2n) is 9.28. The SMILES string of the molecule is CCOc1cc(/C=C2\SC(=O)N(CC(=O)N3CCc4ccccc4C3)C2=O)cc(I)c1OCc1ccc(I)cc1. The molecule has 206 valence electrons. The van der Waals surface area contributed by atoms with Crippen molar-refractivity contribution in [1.29, 1.82) is 0 Å². The number of hydrogen-bond acceptors (Lipinski definition) is 6. The van der Waals surface area contributed by atoms with E-state index in [1.807, 2.05) is 55.5 Å².